The number of para-hydroxylation sites is 2. The van der Waals surface area contributed by atoms with Gasteiger partial charge in [0.25, 0.3) is 5.91 Å². The van der Waals surface area contributed by atoms with Crippen molar-refractivity contribution in [3.05, 3.63) is 102 Å². The van der Waals surface area contributed by atoms with E-state index in [-0.39, 0.29) is 18.8 Å². The predicted octanol–water partition coefficient (Wildman–Crippen LogP) is 5.05. The van der Waals surface area contributed by atoms with Crippen molar-refractivity contribution in [3.8, 4) is 5.75 Å². The molecule has 32 heavy (non-hydrogen) atoms. The number of benzene rings is 3. The van der Waals surface area contributed by atoms with E-state index in [1.54, 1.807) is 6.07 Å². The summed E-state index contributed by atoms with van der Waals surface area (Å²) < 4.78 is 16.6. The van der Waals surface area contributed by atoms with E-state index >= 15 is 0 Å². The molecule has 1 aromatic heterocycles. The summed E-state index contributed by atoms with van der Waals surface area (Å²) in [4.78, 5) is 25.3. The monoisotopic (exact) mass is 429 g/mol. The Hall–Kier alpha value is -4.06. The number of ether oxygens (including phenoxy) is 2. The molecular formula is C26H23NO5. The first-order chi connectivity index (χ1) is 15.7. The minimum atomic E-state index is -0.563. The third-order valence-electron chi connectivity index (χ3n) is 5.14. The van der Waals surface area contributed by atoms with Gasteiger partial charge < -0.3 is 19.2 Å². The van der Waals surface area contributed by atoms with Crippen LogP contribution in [0.4, 0.5) is 0 Å². The average molecular weight is 429 g/mol. The summed E-state index contributed by atoms with van der Waals surface area (Å²) in [6.07, 6.45) is 0.00231. The number of furan rings is 1. The van der Waals surface area contributed by atoms with E-state index in [1.165, 1.54) is 7.11 Å². The van der Waals surface area contributed by atoms with Gasteiger partial charge in [-0.25, -0.2) is 0 Å². The molecule has 4 aromatic rings. The molecule has 1 amide bonds. The molecule has 0 fully saturated rings. The minimum absolute atomic E-state index is 0.00231. The van der Waals surface area contributed by atoms with Crippen LogP contribution < -0.4 is 10.1 Å². The van der Waals surface area contributed by atoms with Crippen LogP contribution in [0.15, 0.2) is 89.3 Å². The molecule has 1 N–H and O–H groups in total. The van der Waals surface area contributed by atoms with Gasteiger partial charge in [-0.2, -0.15) is 0 Å². The van der Waals surface area contributed by atoms with E-state index in [4.69, 9.17) is 13.9 Å². The zero-order valence-corrected chi connectivity index (χ0v) is 17.6. The minimum Gasteiger partial charge on any atom is -0.489 e. The lowest BCUT2D eigenvalue weighted by Gasteiger charge is -2.18. The molecule has 0 radical (unpaired) electrons. The maximum absolute atomic E-state index is 13.3. The van der Waals surface area contributed by atoms with Gasteiger partial charge >= 0.3 is 5.97 Å². The Kier molecular flexibility index (Phi) is 6.51. The summed E-state index contributed by atoms with van der Waals surface area (Å²) in [7, 11) is 1.32. The molecule has 1 atom stereocenters. The van der Waals surface area contributed by atoms with Crippen molar-refractivity contribution in [2.45, 2.75) is 19.1 Å². The lowest BCUT2D eigenvalue weighted by molar-refractivity contribution is -0.141. The summed E-state index contributed by atoms with van der Waals surface area (Å²) in [5.74, 6) is 0.00642. The average Bonchev–Trinajstić information content (AvgIpc) is 3.22. The molecule has 0 spiro atoms. The Morgan fingerprint density at radius 2 is 1.56 bits per heavy atom. The first-order valence-electron chi connectivity index (χ1n) is 10.3. The number of amides is 1. The molecule has 4 rings (SSSR count). The Balaban J connectivity index is 1.63. The molecule has 6 heteroatoms. The summed E-state index contributed by atoms with van der Waals surface area (Å²) in [6, 6.07) is 25.5. The SMILES string of the molecule is COC(=O)CC(NC(=O)c1oc2ccccc2c1COc1ccccc1)c1ccccc1. The molecular weight excluding hydrogens is 406 g/mol. The second-order valence-electron chi connectivity index (χ2n) is 7.22. The van der Waals surface area contributed by atoms with Crippen LogP contribution in [0.25, 0.3) is 11.0 Å². The van der Waals surface area contributed by atoms with Crippen LogP contribution in [-0.4, -0.2) is 19.0 Å². The van der Waals surface area contributed by atoms with Crippen molar-refractivity contribution in [2.24, 2.45) is 0 Å². The molecule has 0 saturated heterocycles. The van der Waals surface area contributed by atoms with Crippen molar-refractivity contribution in [3.63, 3.8) is 0 Å². The van der Waals surface area contributed by atoms with Gasteiger partial charge in [0, 0.05) is 10.9 Å². The van der Waals surface area contributed by atoms with Crippen LogP contribution >= 0.6 is 0 Å². The highest BCUT2D eigenvalue weighted by Crippen LogP contribution is 2.28. The van der Waals surface area contributed by atoms with Gasteiger partial charge in [0.1, 0.15) is 17.9 Å². The largest absolute Gasteiger partial charge is 0.489 e. The lowest BCUT2D eigenvalue weighted by atomic mass is 10.0. The standard InChI is InChI=1S/C26H23NO5/c1-30-24(28)16-22(18-10-4-2-5-11-18)27-26(29)25-21(17-31-19-12-6-3-7-13-19)20-14-8-9-15-23(20)32-25/h2-15,22H,16-17H2,1H3,(H,27,29). The molecule has 3 aromatic carbocycles. The van der Waals surface area contributed by atoms with E-state index in [9.17, 15) is 9.59 Å². The third-order valence-corrected chi connectivity index (χ3v) is 5.14. The quantitative estimate of drug-likeness (QED) is 0.397. The van der Waals surface area contributed by atoms with Crippen LogP contribution in [-0.2, 0) is 16.1 Å². The highest BCUT2D eigenvalue weighted by atomic mass is 16.5. The maximum atomic E-state index is 13.3. The maximum Gasteiger partial charge on any atom is 0.307 e. The molecule has 1 unspecified atom stereocenters. The fourth-order valence-corrected chi connectivity index (χ4v) is 3.51. The third kappa shape index (κ3) is 4.81. The van der Waals surface area contributed by atoms with Gasteiger partial charge in [-0.05, 0) is 23.8 Å². The first-order valence-corrected chi connectivity index (χ1v) is 10.3. The van der Waals surface area contributed by atoms with Crippen molar-refractivity contribution >= 4 is 22.8 Å². The van der Waals surface area contributed by atoms with Crippen molar-refractivity contribution in [1.29, 1.82) is 0 Å². The number of hydrogen-bond donors (Lipinski definition) is 1. The number of fused-ring (bicyclic) bond motifs is 1. The highest BCUT2D eigenvalue weighted by Gasteiger charge is 2.25. The molecule has 162 valence electrons. The predicted molar refractivity (Wildman–Crippen MR) is 120 cm³/mol. The van der Waals surface area contributed by atoms with E-state index in [0.717, 1.165) is 10.9 Å². The molecule has 0 aliphatic rings. The van der Waals surface area contributed by atoms with Crippen LogP contribution in [0, 0.1) is 0 Å². The summed E-state index contributed by atoms with van der Waals surface area (Å²) in [5.41, 5.74) is 2.03. The van der Waals surface area contributed by atoms with Crippen molar-refractivity contribution < 1.29 is 23.5 Å². The molecule has 0 bridgehead atoms. The van der Waals surface area contributed by atoms with Crippen molar-refractivity contribution in [2.75, 3.05) is 7.11 Å². The highest BCUT2D eigenvalue weighted by molar-refractivity contribution is 5.99. The second-order valence-corrected chi connectivity index (χ2v) is 7.22. The van der Waals surface area contributed by atoms with Crippen molar-refractivity contribution in [1.82, 2.24) is 5.32 Å². The van der Waals surface area contributed by atoms with E-state index in [2.05, 4.69) is 5.32 Å². The number of methoxy groups -OCH3 is 1. The van der Waals surface area contributed by atoms with Gasteiger partial charge in [0.2, 0.25) is 0 Å². The number of carbonyl (C=O) groups excluding carboxylic acids is 2. The smallest absolute Gasteiger partial charge is 0.307 e. The fourth-order valence-electron chi connectivity index (χ4n) is 3.51. The lowest BCUT2D eigenvalue weighted by Crippen LogP contribution is -2.31. The normalized spacial score (nSPS) is 11.7. The zero-order chi connectivity index (χ0) is 22.3. The van der Waals surface area contributed by atoms with Crippen LogP contribution in [0.3, 0.4) is 0 Å². The Labute approximate surface area is 185 Å². The van der Waals surface area contributed by atoms with Gasteiger partial charge in [0.15, 0.2) is 5.76 Å². The van der Waals surface area contributed by atoms with Gasteiger partial charge in [-0.3, -0.25) is 9.59 Å². The summed E-state index contributed by atoms with van der Waals surface area (Å²) >= 11 is 0. The van der Waals surface area contributed by atoms with Gasteiger partial charge in [-0.1, -0.05) is 66.7 Å². The number of carbonyl (C=O) groups is 2. The number of rotatable bonds is 8. The Bertz CT molecular complexity index is 1200. The van der Waals surface area contributed by atoms with Gasteiger partial charge in [0.05, 0.1) is 19.6 Å². The van der Waals surface area contributed by atoms with E-state index in [0.29, 0.717) is 16.9 Å². The number of hydrogen-bond acceptors (Lipinski definition) is 5. The number of nitrogens with one attached hydrogen (secondary N) is 1. The molecule has 0 aliphatic heterocycles. The van der Waals surface area contributed by atoms with Crippen LogP contribution in [0.5, 0.6) is 5.75 Å². The first kappa shape index (κ1) is 21.2. The molecule has 1 heterocycles. The zero-order valence-electron chi connectivity index (χ0n) is 17.6. The Morgan fingerprint density at radius 3 is 2.28 bits per heavy atom. The summed E-state index contributed by atoms with van der Waals surface area (Å²) in [5, 5.41) is 3.73. The molecule has 0 saturated carbocycles. The topological polar surface area (TPSA) is 77.8 Å². The summed E-state index contributed by atoms with van der Waals surface area (Å²) in [6.45, 7) is 0.163. The number of esters is 1. The van der Waals surface area contributed by atoms with Gasteiger partial charge in [-0.15, -0.1) is 0 Å². The van der Waals surface area contributed by atoms with Crippen LogP contribution in [0.1, 0.15) is 34.1 Å². The molecule has 6 nitrogen and oxygen atoms in total. The van der Waals surface area contributed by atoms with E-state index < -0.39 is 17.9 Å². The van der Waals surface area contributed by atoms with Crippen LogP contribution in [0.2, 0.25) is 0 Å². The Morgan fingerprint density at radius 1 is 0.906 bits per heavy atom. The second kappa shape index (κ2) is 9.83. The fraction of sp³-hybridized carbons (Fsp3) is 0.154. The van der Waals surface area contributed by atoms with E-state index in [1.807, 2.05) is 78.9 Å². The molecule has 0 aliphatic carbocycles.